The second-order valence-corrected chi connectivity index (χ2v) is 9.28. The molecule has 0 fully saturated rings. The van der Waals surface area contributed by atoms with E-state index in [9.17, 15) is 9.59 Å². The fraction of sp³-hybridized carbons (Fsp3) is 0.308. The first-order valence-electron chi connectivity index (χ1n) is 11.4. The summed E-state index contributed by atoms with van der Waals surface area (Å²) >= 11 is 6.01. The molecule has 4 rings (SSSR count). The summed E-state index contributed by atoms with van der Waals surface area (Å²) in [5.74, 6) is -0.165. The molecular weight excluding hydrogens is 466 g/mol. The third kappa shape index (κ3) is 5.96. The number of fused-ring (bicyclic) bond motifs is 1. The van der Waals surface area contributed by atoms with Crippen LogP contribution in [0, 0.1) is 0 Å². The molecule has 3 aromatic rings. The van der Waals surface area contributed by atoms with Crippen LogP contribution >= 0.6 is 11.6 Å². The van der Waals surface area contributed by atoms with Gasteiger partial charge in [0.25, 0.3) is 11.8 Å². The molecule has 1 aliphatic heterocycles. The molecule has 2 amide bonds. The van der Waals surface area contributed by atoms with Crippen molar-refractivity contribution in [3.63, 3.8) is 0 Å². The second kappa shape index (κ2) is 10.8. The summed E-state index contributed by atoms with van der Waals surface area (Å²) in [6, 6.07) is 14.4. The van der Waals surface area contributed by atoms with Gasteiger partial charge >= 0.3 is 0 Å². The molecule has 0 saturated heterocycles. The summed E-state index contributed by atoms with van der Waals surface area (Å²) in [6.45, 7) is 5.67. The first-order valence-corrected chi connectivity index (χ1v) is 11.8. The van der Waals surface area contributed by atoms with Crippen LogP contribution < -0.4 is 10.1 Å². The van der Waals surface area contributed by atoms with E-state index in [1.165, 1.54) is 18.6 Å². The summed E-state index contributed by atoms with van der Waals surface area (Å²) in [4.78, 5) is 38.0. The van der Waals surface area contributed by atoms with Crippen LogP contribution in [0.5, 0.6) is 5.75 Å². The molecule has 1 N–H and O–H groups in total. The van der Waals surface area contributed by atoms with Crippen LogP contribution in [0.1, 0.15) is 40.3 Å². The molecule has 2 heterocycles. The number of aromatic nitrogens is 2. The first kappa shape index (κ1) is 24.6. The quantitative estimate of drug-likeness (QED) is 0.532. The minimum Gasteiger partial charge on any atom is -0.484 e. The van der Waals surface area contributed by atoms with E-state index in [0.29, 0.717) is 41.7 Å². The molecule has 0 aliphatic carbocycles. The number of hydrogen-bond acceptors (Lipinski definition) is 6. The predicted octanol–water partition coefficient (Wildman–Crippen LogP) is 4.13. The molecule has 0 unspecified atom stereocenters. The van der Waals surface area contributed by atoms with E-state index >= 15 is 0 Å². The van der Waals surface area contributed by atoms with Crippen molar-refractivity contribution >= 4 is 29.1 Å². The van der Waals surface area contributed by atoms with Crippen LogP contribution in [0.25, 0.3) is 0 Å². The maximum absolute atomic E-state index is 13.4. The Morgan fingerprint density at radius 3 is 2.69 bits per heavy atom. The highest BCUT2D eigenvalue weighted by Crippen LogP contribution is 2.34. The average Bonchev–Trinajstić information content (AvgIpc) is 2.98. The molecule has 182 valence electrons. The number of nitrogens with zero attached hydrogens (tertiary/aromatic N) is 4. The van der Waals surface area contributed by atoms with Gasteiger partial charge in [-0.2, -0.15) is 0 Å². The molecule has 35 heavy (non-hydrogen) atoms. The summed E-state index contributed by atoms with van der Waals surface area (Å²) < 4.78 is 6.43. The number of hydrogen-bond donors (Lipinski definition) is 1. The first-order chi connectivity index (χ1) is 16.8. The topological polar surface area (TPSA) is 87.7 Å². The highest BCUT2D eigenvalue weighted by molar-refractivity contribution is 6.30. The van der Waals surface area contributed by atoms with E-state index in [1.54, 1.807) is 18.2 Å². The molecule has 1 atom stereocenters. The Morgan fingerprint density at radius 1 is 1.23 bits per heavy atom. The Balaban J connectivity index is 1.59. The van der Waals surface area contributed by atoms with E-state index < -0.39 is 5.91 Å². The Kier molecular flexibility index (Phi) is 7.63. The standard InChI is InChI=1S/C26H28ClN5O3/c1-17(2)32-15-20(14-31(3)13-18-7-9-19(27)10-8-18)35-24-21(26(32)34)5-4-6-22(24)30-25(33)23-11-12-28-16-29-23/h4-12,16-17,20H,13-15H2,1-3H3,(H,30,33)/t20-/m1/s1. The van der Waals surface area contributed by atoms with Gasteiger partial charge in [-0.25, -0.2) is 9.97 Å². The lowest BCUT2D eigenvalue weighted by Crippen LogP contribution is -2.45. The molecule has 2 aromatic carbocycles. The second-order valence-electron chi connectivity index (χ2n) is 8.85. The third-order valence-electron chi connectivity index (χ3n) is 5.76. The number of likely N-dealkylation sites (N-methyl/N-ethyl adjacent to an activating group) is 1. The number of carbonyl (C=O) groups excluding carboxylic acids is 2. The van der Waals surface area contributed by atoms with Crippen molar-refractivity contribution in [2.24, 2.45) is 0 Å². The van der Waals surface area contributed by atoms with Crippen molar-refractivity contribution in [3.8, 4) is 5.75 Å². The van der Waals surface area contributed by atoms with Gasteiger partial charge in [0.15, 0.2) is 5.75 Å². The van der Waals surface area contributed by atoms with Crippen LogP contribution in [0.15, 0.2) is 61.1 Å². The van der Waals surface area contributed by atoms with Crippen LogP contribution in [0.4, 0.5) is 5.69 Å². The molecule has 0 radical (unpaired) electrons. The maximum atomic E-state index is 13.4. The highest BCUT2D eigenvalue weighted by Gasteiger charge is 2.32. The molecule has 8 nitrogen and oxygen atoms in total. The van der Waals surface area contributed by atoms with E-state index in [-0.39, 0.29) is 23.7 Å². The van der Waals surface area contributed by atoms with Gasteiger partial charge < -0.3 is 15.0 Å². The van der Waals surface area contributed by atoms with Gasteiger partial charge in [-0.05, 0) is 56.8 Å². The van der Waals surface area contributed by atoms with Gasteiger partial charge in [0.1, 0.15) is 18.1 Å². The number of nitrogens with one attached hydrogen (secondary N) is 1. The largest absolute Gasteiger partial charge is 0.484 e. The molecule has 0 bridgehead atoms. The predicted molar refractivity (Wildman–Crippen MR) is 135 cm³/mol. The summed E-state index contributed by atoms with van der Waals surface area (Å²) in [6.07, 6.45) is 2.51. The molecule has 1 aliphatic rings. The highest BCUT2D eigenvalue weighted by atomic mass is 35.5. The lowest BCUT2D eigenvalue weighted by Gasteiger charge is -2.30. The van der Waals surface area contributed by atoms with Gasteiger partial charge in [-0.15, -0.1) is 0 Å². The minimum atomic E-state index is -0.404. The maximum Gasteiger partial charge on any atom is 0.274 e. The van der Waals surface area contributed by atoms with Crippen molar-refractivity contribution in [2.45, 2.75) is 32.5 Å². The average molecular weight is 494 g/mol. The van der Waals surface area contributed by atoms with Crippen LogP contribution in [-0.4, -0.2) is 63.9 Å². The molecule has 9 heteroatoms. The van der Waals surface area contributed by atoms with Gasteiger partial charge in [0.05, 0.1) is 17.8 Å². The monoisotopic (exact) mass is 493 g/mol. The zero-order valence-corrected chi connectivity index (χ0v) is 20.7. The molecule has 0 spiro atoms. The summed E-state index contributed by atoms with van der Waals surface area (Å²) in [5, 5.41) is 3.54. The molecule has 0 saturated carbocycles. The summed E-state index contributed by atoms with van der Waals surface area (Å²) in [5.41, 5.74) is 2.19. The lowest BCUT2D eigenvalue weighted by molar-refractivity contribution is 0.0605. The van der Waals surface area contributed by atoms with Crippen molar-refractivity contribution in [2.75, 3.05) is 25.5 Å². The minimum absolute atomic E-state index is 0.0135. The smallest absolute Gasteiger partial charge is 0.274 e. The Labute approximate surface area is 209 Å². The van der Waals surface area contributed by atoms with Crippen molar-refractivity contribution < 1.29 is 14.3 Å². The van der Waals surface area contributed by atoms with Crippen LogP contribution in [0.2, 0.25) is 5.02 Å². The van der Waals surface area contributed by atoms with Crippen molar-refractivity contribution in [3.05, 3.63) is 82.9 Å². The molecule has 1 aromatic heterocycles. The van der Waals surface area contributed by atoms with Gasteiger partial charge in [0, 0.05) is 30.4 Å². The number of rotatable bonds is 7. The number of amides is 2. The van der Waals surface area contributed by atoms with Gasteiger partial charge in [-0.1, -0.05) is 29.8 Å². The van der Waals surface area contributed by atoms with Crippen molar-refractivity contribution in [1.29, 1.82) is 0 Å². The Bertz CT molecular complexity index is 1190. The third-order valence-corrected chi connectivity index (χ3v) is 6.01. The summed E-state index contributed by atoms with van der Waals surface area (Å²) in [7, 11) is 2.01. The van der Waals surface area contributed by atoms with Gasteiger partial charge in [0.2, 0.25) is 0 Å². The fourth-order valence-electron chi connectivity index (χ4n) is 4.06. The Hall–Kier alpha value is -3.49. The van der Waals surface area contributed by atoms with Crippen LogP contribution in [0.3, 0.4) is 0 Å². The number of carbonyl (C=O) groups is 2. The number of ether oxygens (including phenoxy) is 1. The zero-order chi connectivity index (χ0) is 24.9. The number of anilines is 1. The zero-order valence-electron chi connectivity index (χ0n) is 19.9. The van der Waals surface area contributed by atoms with E-state index in [0.717, 1.165) is 5.56 Å². The van der Waals surface area contributed by atoms with Crippen molar-refractivity contribution in [1.82, 2.24) is 19.8 Å². The number of halogens is 1. The van der Waals surface area contributed by atoms with Gasteiger partial charge in [-0.3, -0.25) is 14.5 Å². The van der Waals surface area contributed by atoms with E-state index in [2.05, 4.69) is 20.2 Å². The SMILES string of the molecule is CC(C)N1C[C@@H](CN(C)Cc2ccc(Cl)cc2)Oc2c(NC(=O)c3ccncn3)cccc2C1=O. The van der Waals surface area contributed by atoms with Crippen LogP contribution in [-0.2, 0) is 6.54 Å². The lowest BCUT2D eigenvalue weighted by atomic mass is 10.1. The molecular formula is C26H28ClN5O3. The number of para-hydroxylation sites is 1. The van der Waals surface area contributed by atoms with E-state index in [4.69, 9.17) is 16.3 Å². The van der Waals surface area contributed by atoms with E-state index in [1.807, 2.05) is 50.1 Å². The normalized spacial score (nSPS) is 15.5. The Morgan fingerprint density at radius 2 is 2.00 bits per heavy atom. The fourth-order valence-corrected chi connectivity index (χ4v) is 4.18. The number of benzene rings is 2.